The summed E-state index contributed by atoms with van der Waals surface area (Å²) in [6.07, 6.45) is 0. The Kier molecular flexibility index (Phi) is 4.07. The number of aromatic carboxylic acids is 1. The van der Waals surface area contributed by atoms with Crippen LogP contribution in [0.2, 0.25) is 5.02 Å². The van der Waals surface area contributed by atoms with Gasteiger partial charge in [0.15, 0.2) is 0 Å². The van der Waals surface area contributed by atoms with Gasteiger partial charge in [0.05, 0.1) is 0 Å². The third-order valence-electron chi connectivity index (χ3n) is 2.59. The molecule has 2 rings (SSSR count). The minimum absolute atomic E-state index is 0.0489. The van der Waals surface area contributed by atoms with Gasteiger partial charge >= 0.3 is 5.97 Å². The number of carboxylic acid groups (broad SMARTS) is 1. The molecule has 4 nitrogen and oxygen atoms in total. The lowest BCUT2D eigenvalue weighted by Gasteiger charge is -2.05. The Balaban J connectivity index is 2.14. The summed E-state index contributed by atoms with van der Waals surface area (Å²) < 4.78 is 5.15. The molecule has 0 amide bonds. The summed E-state index contributed by atoms with van der Waals surface area (Å²) >= 11 is 7.40. The predicted molar refractivity (Wildman–Crippen MR) is 75.8 cm³/mol. The van der Waals surface area contributed by atoms with Crippen LogP contribution in [0.1, 0.15) is 21.9 Å². The van der Waals surface area contributed by atoms with E-state index in [-0.39, 0.29) is 5.76 Å². The van der Waals surface area contributed by atoms with Crippen LogP contribution >= 0.6 is 23.4 Å². The number of hydrogen-bond donors (Lipinski definition) is 2. The molecule has 0 radical (unpaired) electrons. The van der Waals surface area contributed by atoms with Crippen LogP contribution in [-0.4, -0.2) is 11.1 Å². The molecule has 100 valence electrons. The van der Waals surface area contributed by atoms with Gasteiger partial charge in [-0.05, 0) is 31.2 Å². The fourth-order valence-electron chi connectivity index (χ4n) is 1.56. The zero-order valence-electron chi connectivity index (χ0n) is 10.1. The minimum Gasteiger partial charge on any atom is -0.475 e. The van der Waals surface area contributed by atoms with E-state index in [2.05, 4.69) is 0 Å². The van der Waals surface area contributed by atoms with Crippen LogP contribution in [0.15, 0.2) is 33.6 Å². The van der Waals surface area contributed by atoms with Gasteiger partial charge in [-0.1, -0.05) is 11.6 Å². The number of thioether (sulfide) groups is 1. The summed E-state index contributed by atoms with van der Waals surface area (Å²) in [7, 11) is 0. The number of nitrogens with two attached hydrogens (primary N) is 1. The molecule has 6 heteroatoms. The summed E-state index contributed by atoms with van der Waals surface area (Å²) in [5.41, 5.74) is 7.33. The van der Waals surface area contributed by atoms with Crippen molar-refractivity contribution in [2.45, 2.75) is 17.6 Å². The van der Waals surface area contributed by atoms with Gasteiger partial charge in [-0.3, -0.25) is 0 Å². The molecule has 0 aliphatic heterocycles. The Morgan fingerprint density at radius 2 is 2.21 bits per heavy atom. The highest BCUT2D eigenvalue weighted by atomic mass is 35.5. The van der Waals surface area contributed by atoms with Gasteiger partial charge in [-0.2, -0.15) is 0 Å². The van der Waals surface area contributed by atoms with Crippen molar-refractivity contribution in [3.05, 3.63) is 46.4 Å². The summed E-state index contributed by atoms with van der Waals surface area (Å²) in [6, 6.07) is 6.79. The molecule has 1 aromatic carbocycles. The number of furan rings is 1. The number of carboxylic acids is 1. The number of nitrogen functional groups attached to an aromatic ring is 1. The molecule has 0 saturated heterocycles. The average Bonchev–Trinajstić information content (AvgIpc) is 2.72. The number of benzene rings is 1. The van der Waals surface area contributed by atoms with Gasteiger partial charge in [0.2, 0.25) is 5.76 Å². The molecular weight excluding hydrogens is 286 g/mol. The van der Waals surface area contributed by atoms with Gasteiger partial charge < -0.3 is 15.3 Å². The van der Waals surface area contributed by atoms with Crippen LogP contribution in [0.25, 0.3) is 0 Å². The molecule has 19 heavy (non-hydrogen) atoms. The van der Waals surface area contributed by atoms with Gasteiger partial charge in [-0.15, -0.1) is 11.8 Å². The highest BCUT2D eigenvalue weighted by molar-refractivity contribution is 7.98. The van der Waals surface area contributed by atoms with Crippen LogP contribution < -0.4 is 5.73 Å². The first kappa shape index (κ1) is 13.8. The summed E-state index contributed by atoms with van der Waals surface area (Å²) in [4.78, 5) is 11.7. The van der Waals surface area contributed by atoms with E-state index < -0.39 is 5.97 Å². The number of hydrogen-bond acceptors (Lipinski definition) is 4. The Hall–Kier alpha value is -1.59. The van der Waals surface area contributed by atoms with E-state index in [0.29, 0.717) is 22.2 Å². The van der Waals surface area contributed by atoms with Crippen molar-refractivity contribution in [3.63, 3.8) is 0 Å². The molecule has 0 spiro atoms. The lowest BCUT2D eigenvalue weighted by atomic mass is 10.3. The van der Waals surface area contributed by atoms with E-state index in [1.165, 1.54) is 17.8 Å². The molecule has 1 heterocycles. The maximum atomic E-state index is 10.8. The van der Waals surface area contributed by atoms with Crippen molar-refractivity contribution in [3.8, 4) is 0 Å². The third-order valence-corrected chi connectivity index (χ3v) is 3.95. The molecule has 0 unspecified atom stereocenters. The number of halogens is 1. The molecule has 0 bridgehead atoms. The maximum absolute atomic E-state index is 10.8. The van der Waals surface area contributed by atoms with E-state index in [1.807, 2.05) is 0 Å². The van der Waals surface area contributed by atoms with Crippen molar-refractivity contribution in [2.24, 2.45) is 0 Å². The standard InChI is InChI=1S/C13H12ClNO3S/c1-7-8(4-11(18-7)13(16)17)6-19-12-5-9(14)2-3-10(12)15/h2-5H,6,15H2,1H3,(H,16,17). The first-order valence-electron chi connectivity index (χ1n) is 5.48. The van der Waals surface area contributed by atoms with Crippen LogP contribution in [0.4, 0.5) is 5.69 Å². The highest BCUT2D eigenvalue weighted by Crippen LogP contribution is 2.32. The van der Waals surface area contributed by atoms with Crippen LogP contribution in [0.5, 0.6) is 0 Å². The van der Waals surface area contributed by atoms with Gasteiger partial charge in [0.1, 0.15) is 5.76 Å². The number of aryl methyl sites for hydroxylation is 1. The third kappa shape index (κ3) is 3.24. The molecular formula is C13H12ClNO3S. The molecule has 0 aliphatic carbocycles. The number of anilines is 1. The lowest BCUT2D eigenvalue weighted by Crippen LogP contribution is -1.92. The van der Waals surface area contributed by atoms with Gasteiger partial charge in [0, 0.05) is 26.9 Å². The second kappa shape index (κ2) is 5.59. The van der Waals surface area contributed by atoms with E-state index in [9.17, 15) is 4.79 Å². The van der Waals surface area contributed by atoms with Crippen molar-refractivity contribution in [1.29, 1.82) is 0 Å². The molecule has 0 atom stereocenters. The van der Waals surface area contributed by atoms with Crippen LogP contribution in [0, 0.1) is 6.92 Å². The molecule has 0 aliphatic rings. The topological polar surface area (TPSA) is 76.5 Å². The van der Waals surface area contributed by atoms with Crippen molar-refractivity contribution in [1.82, 2.24) is 0 Å². The zero-order chi connectivity index (χ0) is 14.0. The fourth-order valence-corrected chi connectivity index (χ4v) is 2.84. The second-order valence-electron chi connectivity index (χ2n) is 3.97. The molecule has 0 saturated carbocycles. The van der Waals surface area contributed by atoms with E-state index in [4.69, 9.17) is 26.9 Å². The average molecular weight is 298 g/mol. The normalized spacial score (nSPS) is 10.6. The Bertz CT molecular complexity index is 624. The molecule has 2 aromatic rings. The van der Waals surface area contributed by atoms with Crippen molar-refractivity contribution >= 4 is 35.0 Å². The predicted octanol–water partition coefficient (Wildman–Crippen LogP) is 3.81. The molecule has 3 N–H and O–H groups in total. The van der Waals surface area contributed by atoms with Crippen molar-refractivity contribution < 1.29 is 14.3 Å². The van der Waals surface area contributed by atoms with Gasteiger partial charge in [-0.25, -0.2) is 4.79 Å². The van der Waals surface area contributed by atoms with E-state index >= 15 is 0 Å². The largest absolute Gasteiger partial charge is 0.475 e. The molecule has 1 aromatic heterocycles. The first-order chi connectivity index (χ1) is 8.97. The molecule has 0 fully saturated rings. The lowest BCUT2D eigenvalue weighted by molar-refractivity contribution is 0.0661. The maximum Gasteiger partial charge on any atom is 0.371 e. The zero-order valence-corrected chi connectivity index (χ0v) is 11.7. The minimum atomic E-state index is -1.07. The first-order valence-corrected chi connectivity index (χ1v) is 6.84. The Morgan fingerprint density at radius 3 is 2.84 bits per heavy atom. The SMILES string of the molecule is Cc1oc(C(=O)O)cc1CSc1cc(Cl)ccc1N. The Labute approximate surface area is 119 Å². The van der Waals surface area contributed by atoms with Crippen LogP contribution in [-0.2, 0) is 5.75 Å². The summed E-state index contributed by atoms with van der Waals surface area (Å²) in [5.74, 6) is 0.0620. The monoisotopic (exact) mass is 297 g/mol. The van der Waals surface area contributed by atoms with Crippen molar-refractivity contribution in [2.75, 3.05) is 5.73 Å². The van der Waals surface area contributed by atoms with Crippen LogP contribution in [0.3, 0.4) is 0 Å². The quantitative estimate of drug-likeness (QED) is 0.663. The van der Waals surface area contributed by atoms with Gasteiger partial charge in [0.25, 0.3) is 0 Å². The fraction of sp³-hybridized carbons (Fsp3) is 0.154. The highest BCUT2D eigenvalue weighted by Gasteiger charge is 2.13. The summed E-state index contributed by atoms with van der Waals surface area (Å²) in [5, 5.41) is 9.47. The van der Waals surface area contributed by atoms with E-state index in [0.717, 1.165) is 10.5 Å². The second-order valence-corrected chi connectivity index (χ2v) is 5.42. The Morgan fingerprint density at radius 1 is 1.47 bits per heavy atom. The van der Waals surface area contributed by atoms with E-state index in [1.54, 1.807) is 25.1 Å². The number of rotatable bonds is 4. The smallest absolute Gasteiger partial charge is 0.371 e. The summed E-state index contributed by atoms with van der Waals surface area (Å²) in [6.45, 7) is 1.74. The number of carbonyl (C=O) groups is 1.